The van der Waals surface area contributed by atoms with Gasteiger partial charge >= 0.3 is 37.1 Å². The van der Waals surface area contributed by atoms with E-state index in [0.29, 0.717) is 101 Å². The van der Waals surface area contributed by atoms with Crippen LogP contribution in [-0.4, -0.2) is 4.57 Å². The zero-order valence-corrected chi connectivity index (χ0v) is 43.0. The summed E-state index contributed by atoms with van der Waals surface area (Å²) >= 11 is 0. The molecule has 0 atom stereocenters. The normalized spacial score (nSPS) is 12.8. The number of benzene rings is 10. The van der Waals surface area contributed by atoms with Crippen molar-refractivity contribution < 1.29 is 79.0 Å². The lowest BCUT2D eigenvalue weighted by Gasteiger charge is -2.18. The molecule has 11 aromatic rings. The third kappa shape index (κ3) is 11.7. The zero-order valence-electron chi connectivity index (χ0n) is 43.0. The van der Waals surface area contributed by atoms with Gasteiger partial charge in [0.15, 0.2) is 0 Å². The predicted molar refractivity (Wildman–Crippen MR) is 289 cm³/mol. The lowest BCUT2D eigenvalue weighted by molar-refractivity contribution is -0.143. The minimum Gasteiger partial charge on any atom is -0.309 e. The molecule has 0 aliphatic heterocycles. The topological polar surface area (TPSA) is 4.93 Å². The molecule has 0 N–H and O–H groups in total. The Kier molecular flexibility index (Phi) is 14.1. The summed E-state index contributed by atoms with van der Waals surface area (Å²) in [6.45, 7) is 0. The molecular weight excluding hydrogens is 1150 g/mol. The van der Waals surface area contributed by atoms with Gasteiger partial charge in [-0.1, -0.05) is 78.9 Å². The number of rotatable bonds is 8. The highest BCUT2D eigenvalue weighted by atomic mass is 19.4. The second-order valence-electron chi connectivity index (χ2n) is 20.0. The molecule has 0 amide bonds. The second-order valence-corrected chi connectivity index (χ2v) is 20.0. The Morgan fingerprint density at radius 1 is 0.200 bits per heavy atom. The van der Waals surface area contributed by atoms with E-state index >= 15 is 0 Å². The highest BCUT2D eigenvalue weighted by Crippen LogP contribution is 2.46. The SMILES string of the molecule is FC(F)(F)c1ccc(-c2cc(-c3ccc(C(F)(F)F)cc3)cc(-c3ccc4c(c3)c3cc(-c5cc(-c6ccc(C(F)(F)F)cc6)cc(-c6ccc(C(F)(F)F)cc6)c5)ccc3n4-c3ccccc3-c3cc(C(F)(F)F)cc(C(F)(F)F)c3)c2)cc1. The molecule has 1 aromatic heterocycles. The van der Waals surface area contributed by atoms with Crippen molar-refractivity contribution in [3.05, 3.63) is 246 Å². The minimum atomic E-state index is -5.21. The smallest absolute Gasteiger partial charge is 0.309 e. The maximum Gasteiger partial charge on any atom is 0.416 e. The van der Waals surface area contributed by atoms with E-state index in [9.17, 15) is 79.0 Å². The quantitative estimate of drug-likeness (QED) is 0.134. The maximum absolute atomic E-state index is 14.4. The molecule has 85 heavy (non-hydrogen) atoms. The largest absolute Gasteiger partial charge is 0.416 e. The number of para-hydroxylation sites is 1. The third-order valence-electron chi connectivity index (χ3n) is 14.5. The molecule has 10 aromatic carbocycles. The van der Waals surface area contributed by atoms with E-state index < -0.39 is 76.0 Å². The molecule has 430 valence electrons. The summed E-state index contributed by atoms with van der Waals surface area (Å²) in [4.78, 5) is 0. The van der Waals surface area contributed by atoms with Gasteiger partial charge < -0.3 is 4.57 Å². The molecule has 1 nitrogen and oxygen atoms in total. The van der Waals surface area contributed by atoms with E-state index in [1.807, 2.05) is 0 Å². The Balaban J connectivity index is 1.16. The monoisotopic (exact) mass is 1180 g/mol. The van der Waals surface area contributed by atoms with Crippen LogP contribution in [0.5, 0.6) is 0 Å². The standard InChI is InChI=1S/C66H35F18N/c67-61(68,69)49-15-5-36(6-16-49)42-25-43(37-7-17-50(18-8-37)62(70,71)72)28-46(27-42)40-13-23-59-56(33-40)57-34-41(14-24-60(57)85(59)58-4-2-1-3-55(58)48-31-53(65(79,80)81)35-54(32-48)66(82,83)84)47-29-44(38-9-19-51(20-10-38)63(73,74)75)26-45(30-47)39-11-21-52(22-12-39)64(76,77)78/h1-35H. The molecule has 0 saturated heterocycles. The Morgan fingerprint density at radius 2 is 0.459 bits per heavy atom. The summed E-state index contributed by atoms with van der Waals surface area (Å²) < 4.78 is 253. The Labute approximate surface area is 470 Å². The summed E-state index contributed by atoms with van der Waals surface area (Å²) in [6, 6.07) is 43.3. The summed E-state index contributed by atoms with van der Waals surface area (Å²) in [7, 11) is 0. The van der Waals surface area contributed by atoms with Crippen molar-refractivity contribution in [2.45, 2.75) is 37.1 Å². The van der Waals surface area contributed by atoms with Gasteiger partial charge in [0.05, 0.1) is 50.1 Å². The number of nitrogens with zero attached hydrogens (tertiary/aromatic N) is 1. The number of halogens is 18. The van der Waals surface area contributed by atoms with E-state index in [4.69, 9.17) is 0 Å². The number of fused-ring (bicyclic) bond motifs is 3. The first kappa shape index (κ1) is 57.6. The Bertz CT molecular complexity index is 3920. The molecule has 0 radical (unpaired) electrons. The fraction of sp³-hybridized carbons (Fsp3) is 0.0909. The first-order chi connectivity index (χ1) is 39.9. The molecule has 0 aliphatic rings. The van der Waals surface area contributed by atoms with Crippen molar-refractivity contribution in [1.82, 2.24) is 4.57 Å². The molecule has 19 heteroatoms. The van der Waals surface area contributed by atoms with Crippen molar-refractivity contribution in [2.24, 2.45) is 0 Å². The van der Waals surface area contributed by atoms with Gasteiger partial charge in [-0.15, -0.1) is 0 Å². The van der Waals surface area contributed by atoms with Crippen LogP contribution in [0.4, 0.5) is 79.0 Å². The minimum absolute atomic E-state index is 0.000700. The fourth-order valence-corrected chi connectivity index (χ4v) is 10.3. The molecular formula is C66H35F18N. The Morgan fingerprint density at radius 3 is 0.741 bits per heavy atom. The van der Waals surface area contributed by atoms with Crippen LogP contribution in [0.15, 0.2) is 212 Å². The lowest BCUT2D eigenvalue weighted by Crippen LogP contribution is -2.11. The summed E-state index contributed by atoms with van der Waals surface area (Å²) in [5.74, 6) is 0. The van der Waals surface area contributed by atoms with E-state index in [0.717, 1.165) is 48.5 Å². The van der Waals surface area contributed by atoms with Crippen LogP contribution < -0.4 is 0 Å². The number of aromatic nitrogens is 1. The summed E-state index contributed by atoms with van der Waals surface area (Å²) in [5.41, 5.74) is -2.56. The van der Waals surface area contributed by atoms with Gasteiger partial charge in [0.2, 0.25) is 0 Å². The zero-order chi connectivity index (χ0) is 60.8. The van der Waals surface area contributed by atoms with Crippen LogP contribution >= 0.6 is 0 Å². The number of alkyl halides is 18. The molecule has 0 fully saturated rings. The molecule has 0 spiro atoms. The van der Waals surface area contributed by atoms with Crippen LogP contribution in [0.1, 0.15) is 33.4 Å². The third-order valence-corrected chi connectivity index (χ3v) is 14.5. The molecule has 1 heterocycles. The Hall–Kier alpha value is -9.26. The molecule has 0 bridgehead atoms. The van der Waals surface area contributed by atoms with E-state index in [1.165, 1.54) is 72.8 Å². The highest BCUT2D eigenvalue weighted by molar-refractivity contribution is 6.12. The van der Waals surface area contributed by atoms with Crippen molar-refractivity contribution in [3.8, 4) is 83.6 Å². The average molecular weight is 1180 g/mol. The molecule has 0 saturated carbocycles. The van der Waals surface area contributed by atoms with Gasteiger partial charge in [0.25, 0.3) is 0 Å². The number of hydrogen-bond donors (Lipinski definition) is 0. The van der Waals surface area contributed by atoms with Crippen LogP contribution in [0.25, 0.3) is 105 Å². The van der Waals surface area contributed by atoms with Crippen LogP contribution in [0, 0.1) is 0 Å². The van der Waals surface area contributed by atoms with E-state index in [-0.39, 0.29) is 17.3 Å². The van der Waals surface area contributed by atoms with Gasteiger partial charge in [-0.25, -0.2) is 0 Å². The second kappa shape index (κ2) is 20.8. The lowest BCUT2D eigenvalue weighted by atomic mass is 9.91. The average Bonchev–Trinajstić information content (AvgIpc) is 3.00. The van der Waals surface area contributed by atoms with Gasteiger partial charge in [0, 0.05) is 16.3 Å². The van der Waals surface area contributed by atoms with E-state index in [1.54, 1.807) is 77.4 Å². The maximum atomic E-state index is 14.4. The highest BCUT2D eigenvalue weighted by Gasteiger charge is 2.38. The fourth-order valence-electron chi connectivity index (χ4n) is 10.3. The predicted octanol–water partition coefficient (Wildman–Crippen LogP) is 22.6. The van der Waals surface area contributed by atoms with Crippen LogP contribution in [0.3, 0.4) is 0 Å². The first-order valence-electron chi connectivity index (χ1n) is 25.4. The molecule has 0 unspecified atom stereocenters. The van der Waals surface area contributed by atoms with Gasteiger partial charge in [-0.05, 0) is 206 Å². The van der Waals surface area contributed by atoms with E-state index in [2.05, 4.69) is 0 Å². The summed E-state index contributed by atoms with van der Waals surface area (Å²) in [6.07, 6.45) is -29.2. The van der Waals surface area contributed by atoms with Crippen molar-refractivity contribution >= 4 is 21.8 Å². The molecule has 11 rings (SSSR count). The van der Waals surface area contributed by atoms with Crippen molar-refractivity contribution in [3.63, 3.8) is 0 Å². The number of hydrogen-bond acceptors (Lipinski definition) is 0. The van der Waals surface area contributed by atoms with Crippen LogP contribution in [-0.2, 0) is 37.1 Å². The van der Waals surface area contributed by atoms with Crippen molar-refractivity contribution in [2.75, 3.05) is 0 Å². The molecule has 0 aliphatic carbocycles. The summed E-state index contributed by atoms with van der Waals surface area (Å²) in [5, 5.41) is 0.782. The van der Waals surface area contributed by atoms with Crippen molar-refractivity contribution in [1.29, 1.82) is 0 Å². The van der Waals surface area contributed by atoms with Gasteiger partial charge in [-0.3, -0.25) is 0 Å². The van der Waals surface area contributed by atoms with Gasteiger partial charge in [0.1, 0.15) is 0 Å². The first-order valence-corrected chi connectivity index (χ1v) is 25.4. The van der Waals surface area contributed by atoms with Gasteiger partial charge in [-0.2, -0.15) is 79.0 Å². The van der Waals surface area contributed by atoms with Crippen LogP contribution in [0.2, 0.25) is 0 Å².